The van der Waals surface area contributed by atoms with Crippen molar-refractivity contribution >= 4 is 41.3 Å². The molecule has 0 aliphatic heterocycles. The first-order valence-corrected chi connectivity index (χ1v) is 13.9. The number of ketones is 3. The van der Waals surface area contributed by atoms with Gasteiger partial charge in [-0.3, -0.25) is 14.4 Å². The maximum Gasteiger partial charge on any atom is 0.208 e. The maximum atomic E-state index is 13.2. The van der Waals surface area contributed by atoms with Gasteiger partial charge in [0, 0.05) is 29.5 Å². The zero-order chi connectivity index (χ0) is 22.3. The third-order valence-corrected chi connectivity index (χ3v) is 10.7. The number of hydrogen-bond acceptors (Lipinski definition) is 8. The molecule has 0 saturated heterocycles. The first kappa shape index (κ1) is 20.9. The molecule has 158 valence electrons. The number of aliphatic hydroxyl groups excluding tert-OH is 1. The molecule has 9 heteroatoms. The van der Waals surface area contributed by atoms with Crippen LogP contribution in [0.15, 0.2) is 6.07 Å². The topological polar surface area (TPSA) is 132 Å². The van der Waals surface area contributed by atoms with Gasteiger partial charge in [0.1, 0.15) is 17.1 Å². The van der Waals surface area contributed by atoms with Gasteiger partial charge >= 0.3 is 0 Å². The van der Waals surface area contributed by atoms with Crippen LogP contribution in [0, 0.1) is 0 Å². The summed E-state index contributed by atoms with van der Waals surface area (Å²) in [6, 6.07) is 1.69. The molecule has 2 aliphatic rings. The van der Waals surface area contributed by atoms with E-state index in [4.69, 9.17) is 0 Å². The summed E-state index contributed by atoms with van der Waals surface area (Å²) in [6.07, 6.45) is -2.24. The number of benzene rings is 1. The quantitative estimate of drug-likeness (QED) is 0.348. The van der Waals surface area contributed by atoms with Gasteiger partial charge in [-0.1, -0.05) is 19.6 Å². The molecule has 2 aromatic rings. The zero-order valence-corrected chi connectivity index (χ0v) is 18.8. The van der Waals surface area contributed by atoms with Crippen molar-refractivity contribution in [3.8, 4) is 11.5 Å². The van der Waals surface area contributed by atoms with Crippen molar-refractivity contribution in [2.75, 3.05) is 0 Å². The van der Waals surface area contributed by atoms with Gasteiger partial charge in [-0.25, -0.2) is 0 Å². The molecule has 0 saturated carbocycles. The van der Waals surface area contributed by atoms with E-state index in [1.54, 1.807) is 6.07 Å². The monoisotopic (exact) mass is 446 g/mol. The first-order valence-electron chi connectivity index (χ1n) is 9.53. The third-order valence-electron chi connectivity index (χ3n) is 5.95. The van der Waals surface area contributed by atoms with Crippen molar-refractivity contribution in [1.29, 1.82) is 0 Å². The second-order valence-electron chi connectivity index (χ2n) is 9.09. The molecule has 0 amide bonds. The summed E-state index contributed by atoms with van der Waals surface area (Å²) in [4.78, 5) is 38.6. The predicted molar refractivity (Wildman–Crippen MR) is 113 cm³/mol. The number of aliphatic hydroxyl groups is 2. The number of phenols is 2. The van der Waals surface area contributed by atoms with Gasteiger partial charge in [0.25, 0.3) is 0 Å². The van der Waals surface area contributed by atoms with E-state index in [1.165, 1.54) is 11.3 Å². The van der Waals surface area contributed by atoms with Crippen molar-refractivity contribution in [3.05, 3.63) is 38.8 Å². The van der Waals surface area contributed by atoms with Crippen LogP contribution in [0.3, 0.4) is 0 Å². The summed E-state index contributed by atoms with van der Waals surface area (Å²) >= 11 is 1.23. The first-order chi connectivity index (χ1) is 13.8. The van der Waals surface area contributed by atoms with E-state index in [0.29, 0.717) is 0 Å². The average molecular weight is 447 g/mol. The Kier molecular flexibility index (Phi) is 4.42. The number of aromatic hydroxyl groups is 2. The number of carbonyl (C=O) groups excluding carboxylic acids is 3. The third kappa shape index (κ3) is 2.73. The van der Waals surface area contributed by atoms with Gasteiger partial charge in [0.15, 0.2) is 11.6 Å². The largest absolute Gasteiger partial charge is 0.507 e. The number of phenolic OH excluding ortho intramolecular Hbond substituents is 2. The number of Topliss-reactive ketones (excluding diaryl/α,β-unsaturated/α-hetero) is 1. The van der Waals surface area contributed by atoms with Gasteiger partial charge < -0.3 is 20.4 Å². The average Bonchev–Trinajstić information content (AvgIpc) is 3.08. The number of thiophene rings is 1. The second-order valence-corrected chi connectivity index (χ2v) is 15.5. The lowest BCUT2D eigenvalue weighted by Crippen LogP contribution is -2.44. The smallest absolute Gasteiger partial charge is 0.208 e. The Labute approximate surface area is 177 Å². The highest BCUT2D eigenvalue weighted by atomic mass is 32.1. The number of fused-ring (bicyclic) bond motifs is 3. The van der Waals surface area contributed by atoms with E-state index in [2.05, 4.69) is 19.6 Å². The van der Waals surface area contributed by atoms with Crippen LogP contribution >= 0.6 is 11.3 Å². The lowest BCUT2D eigenvalue weighted by Gasteiger charge is -2.36. The van der Waals surface area contributed by atoms with E-state index in [0.717, 1.165) is 11.4 Å². The Hall–Kier alpha value is -2.33. The molecule has 4 rings (SSSR count). The number of carbonyl (C=O) groups is 3. The molecule has 30 heavy (non-hydrogen) atoms. The van der Waals surface area contributed by atoms with Crippen LogP contribution in [-0.4, -0.2) is 51.5 Å². The highest BCUT2D eigenvalue weighted by Gasteiger charge is 2.47. The van der Waals surface area contributed by atoms with Crippen LogP contribution in [0.4, 0.5) is 0 Å². The molecule has 0 bridgehead atoms. The van der Waals surface area contributed by atoms with Crippen LogP contribution in [-0.2, 0) is 11.2 Å². The molecule has 2 atom stereocenters. The van der Waals surface area contributed by atoms with Crippen LogP contribution in [0.25, 0.3) is 0 Å². The maximum absolute atomic E-state index is 13.2. The minimum absolute atomic E-state index is 0.0899. The minimum atomic E-state index is -1.94. The van der Waals surface area contributed by atoms with Crippen molar-refractivity contribution < 1.29 is 34.8 Å². The lowest BCUT2D eigenvalue weighted by atomic mass is 9.73. The number of hydrogen-bond donors (Lipinski definition) is 4. The fourth-order valence-electron chi connectivity index (χ4n) is 4.17. The zero-order valence-electron chi connectivity index (χ0n) is 17.0. The summed E-state index contributed by atoms with van der Waals surface area (Å²) in [6.45, 7) is 7.41. The molecule has 0 radical (unpaired) electrons. The predicted octanol–water partition coefficient (Wildman–Crippen LogP) is 1.78. The molecule has 2 aliphatic carbocycles. The molecule has 0 unspecified atom stereocenters. The Morgan fingerprint density at radius 3 is 2.30 bits per heavy atom. The van der Waals surface area contributed by atoms with Crippen LogP contribution in [0.2, 0.25) is 19.6 Å². The van der Waals surface area contributed by atoms with Crippen LogP contribution in [0.1, 0.15) is 61.7 Å². The Bertz CT molecular complexity index is 1160. The standard InChI is InChI=1S/C21H22O7SSi/c1-8(22)21(28)6-10-13(11(23)7-21)18(26)15-14(17(10)25)16(24)9-5-12(30(2,3)4)29-20(9)19(15)27/h5,11,23,25-26,28H,6-7H2,1-4H3/t11-,21-/m0/s1. The molecular formula is C21H22O7SSi. The van der Waals surface area contributed by atoms with E-state index >= 15 is 0 Å². The SMILES string of the molecule is CC(=O)[C@]1(O)Cc2c(O)c3c(c(O)c2[C@@H](O)C1)C(=O)c1sc([Si](C)(C)C)cc1C3=O. The van der Waals surface area contributed by atoms with Gasteiger partial charge in [-0.2, -0.15) is 0 Å². The van der Waals surface area contributed by atoms with Gasteiger partial charge in [-0.05, 0) is 17.5 Å². The fraction of sp³-hybridized carbons (Fsp3) is 0.381. The van der Waals surface area contributed by atoms with E-state index in [1.807, 2.05) is 0 Å². The minimum Gasteiger partial charge on any atom is -0.507 e. The Morgan fingerprint density at radius 2 is 1.73 bits per heavy atom. The van der Waals surface area contributed by atoms with Crippen LogP contribution in [0.5, 0.6) is 11.5 Å². The van der Waals surface area contributed by atoms with Gasteiger partial charge in [0.2, 0.25) is 5.78 Å². The molecular weight excluding hydrogens is 424 g/mol. The van der Waals surface area contributed by atoms with Crippen molar-refractivity contribution in [3.63, 3.8) is 0 Å². The summed E-state index contributed by atoms with van der Waals surface area (Å²) in [7, 11) is -1.83. The number of rotatable bonds is 2. The fourth-order valence-corrected chi connectivity index (χ4v) is 7.14. The normalized spacial score (nSPS) is 23.1. The van der Waals surface area contributed by atoms with Crippen molar-refractivity contribution in [1.82, 2.24) is 0 Å². The highest BCUT2D eigenvalue weighted by Crippen LogP contribution is 2.50. The van der Waals surface area contributed by atoms with Gasteiger partial charge in [-0.15, -0.1) is 11.3 Å². The van der Waals surface area contributed by atoms with E-state index < -0.39 is 48.6 Å². The summed E-state index contributed by atoms with van der Waals surface area (Å²) in [5.74, 6) is -2.94. The van der Waals surface area contributed by atoms with E-state index in [-0.39, 0.29) is 45.5 Å². The summed E-state index contributed by atoms with van der Waals surface area (Å²) < 4.78 is 0.941. The van der Waals surface area contributed by atoms with Crippen molar-refractivity contribution in [2.24, 2.45) is 0 Å². The highest BCUT2D eigenvalue weighted by molar-refractivity contribution is 7.28. The molecule has 7 nitrogen and oxygen atoms in total. The Morgan fingerprint density at radius 1 is 1.13 bits per heavy atom. The molecule has 1 aromatic heterocycles. The Balaban J connectivity index is 1.99. The summed E-state index contributed by atoms with van der Waals surface area (Å²) in [5.41, 5.74) is -2.65. The van der Waals surface area contributed by atoms with Gasteiger partial charge in [0.05, 0.1) is 30.2 Å². The second kappa shape index (κ2) is 6.33. The molecule has 0 spiro atoms. The van der Waals surface area contributed by atoms with Crippen LogP contribution < -0.4 is 4.50 Å². The van der Waals surface area contributed by atoms with Crippen molar-refractivity contribution in [2.45, 2.75) is 51.1 Å². The lowest BCUT2D eigenvalue weighted by molar-refractivity contribution is -0.139. The summed E-state index contributed by atoms with van der Waals surface area (Å²) in [5, 5.41) is 42.9. The molecule has 0 fully saturated rings. The molecule has 1 aromatic carbocycles. The molecule has 1 heterocycles. The molecule has 4 N–H and O–H groups in total. The van der Waals surface area contributed by atoms with E-state index in [9.17, 15) is 34.8 Å².